The van der Waals surface area contributed by atoms with Gasteiger partial charge in [0.05, 0.1) is 5.52 Å². The first kappa shape index (κ1) is 11.2. The maximum absolute atomic E-state index is 4.64. The second-order valence-electron chi connectivity index (χ2n) is 5.88. The minimum Gasteiger partial charge on any atom is -0.370 e. The summed E-state index contributed by atoms with van der Waals surface area (Å²) < 4.78 is 0. The molecule has 0 saturated carbocycles. The summed E-state index contributed by atoms with van der Waals surface area (Å²) in [5.74, 6) is 1.65. The fourth-order valence-electron chi connectivity index (χ4n) is 3.60. The molecule has 2 aromatic rings. The van der Waals surface area contributed by atoms with Gasteiger partial charge in [-0.25, -0.2) is 0 Å². The minimum absolute atomic E-state index is 0.826. The smallest absolute Gasteiger partial charge is 0.0726 e. The number of benzene rings is 1. The van der Waals surface area contributed by atoms with E-state index in [0.717, 1.165) is 23.0 Å². The van der Waals surface area contributed by atoms with Crippen molar-refractivity contribution >= 4 is 16.6 Å². The Balaban J connectivity index is 1.78. The van der Waals surface area contributed by atoms with Crippen molar-refractivity contribution in [2.45, 2.75) is 6.92 Å². The van der Waals surface area contributed by atoms with E-state index in [-0.39, 0.29) is 0 Å². The van der Waals surface area contributed by atoms with Gasteiger partial charge in [0, 0.05) is 42.9 Å². The molecule has 2 unspecified atom stereocenters. The van der Waals surface area contributed by atoms with Gasteiger partial charge < -0.3 is 10.2 Å². The lowest BCUT2D eigenvalue weighted by atomic mass is 10.0. The van der Waals surface area contributed by atoms with E-state index in [4.69, 9.17) is 0 Å². The number of aryl methyl sites for hydroxylation is 1. The lowest BCUT2D eigenvalue weighted by Crippen LogP contribution is -2.25. The first-order valence-electron chi connectivity index (χ1n) is 7.13. The molecule has 2 saturated heterocycles. The number of para-hydroxylation sites is 1. The molecule has 4 rings (SSSR count). The highest BCUT2D eigenvalue weighted by atomic mass is 15.2. The molecule has 2 aliphatic heterocycles. The van der Waals surface area contributed by atoms with E-state index < -0.39 is 0 Å². The van der Waals surface area contributed by atoms with Crippen molar-refractivity contribution in [3.63, 3.8) is 0 Å². The van der Waals surface area contributed by atoms with Crippen molar-refractivity contribution in [2.75, 3.05) is 31.1 Å². The van der Waals surface area contributed by atoms with Crippen LogP contribution in [0.1, 0.15) is 5.69 Å². The standard InChI is InChI=1S/C16H19N3/c1-11-6-16(14-4-2-3-5-15(14)18-11)19-9-12-7-17-8-13(12)10-19/h2-6,12-13,17H,7-10H2,1H3. The second kappa shape index (κ2) is 4.20. The van der Waals surface area contributed by atoms with Crippen LogP contribution < -0.4 is 10.2 Å². The Morgan fingerprint density at radius 1 is 1.16 bits per heavy atom. The van der Waals surface area contributed by atoms with Crippen molar-refractivity contribution in [2.24, 2.45) is 11.8 Å². The third kappa shape index (κ3) is 1.80. The summed E-state index contributed by atoms with van der Waals surface area (Å²) in [6.07, 6.45) is 0. The van der Waals surface area contributed by atoms with Crippen LogP contribution in [0.15, 0.2) is 30.3 Å². The van der Waals surface area contributed by atoms with Crippen molar-refractivity contribution in [3.8, 4) is 0 Å². The summed E-state index contributed by atoms with van der Waals surface area (Å²) in [5, 5.41) is 4.80. The summed E-state index contributed by atoms with van der Waals surface area (Å²) in [4.78, 5) is 7.20. The van der Waals surface area contributed by atoms with Crippen LogP contribution in [-0.2, 0) is 0 Å². The van der Waals surface area contributed by atoms with E-state index in [1.54, 1.807) is 0 Å². The van der Waals surface area contributed by atoms with Crippen LogP contribution in [-0.4, -0.2) is 31.2 Å². The molecule has 2 fully saturated rings. The average molecular weight is 253 g/mol. The van der Waals surface area contributed by atoms with E-state index in [1.165, 1.54) is 37.3 Å². The van der Waals surface area contributed by atoms with Crippen LogP contribution in [0.5, 0.6) is 0 Å². The maximum atomic E-state index is 4.64. The Labute approximate surface area is 113 Å². The number of aromatic nitrogens is 1. The first-order valence-corrected chi connectivity index (χ1v) is 7.13. The lowest BCUT2D eigenvalue weighted by molar-refractivity contribution is 0.533. The number of hydrogen-bond acceptors (Lipinski definition) is 3. The summed E-state index contributed by atoms with van der Waals surface area (Å²) in [6.45, 7) is 6.83. The fourth-order valence-corrected chi connectivity index (χ4v) is 3.60. The summed E-state index contributed by atoms with van der Waals surface area (Å²) in [5.41, 5.74) is 3.61. The molecular formula is C16H19N3. The Morgan fingerprint density at radius 3 is 2.68 bits per heavy atom. The lowest BCUT2D eigenvalue weighted by Gasteiger charge is -2.22. The SMILES string of the molecule is Cc1cc(N2CC3CNCC3C2)c2ccccc2n1. The van der Waals surface area contributed by atoms with Crippen molar-refractivity contribution < 1.29 is 0 Å². The van der Waals surface area contributed by atoms with Crippen LogP contribution in [0, 0.1) is 18.8 Å². The van der Waals surface area contributed by atoms with Gasteiger partial charge >= 0.3 is 0 Å². The zero-order chi connectivity index (χ0) is 12.8. The van der Waals surface area contributed by atoms with E-state index in [0.29, 0.717) is 0 Å². The normalized spacial score (nSPS) is 26.1. The number of nitrogens with zero attached hydrogens (tertiary/aromatic N) is 2. The average Bonchev–Trinajstić information content (AvgIpc) is 2.98. The highest BCUT2D eigenvalue weighted by molar-refractivity contribution is 5.92. The van der Waals surface area contributed by atoms with Crippen molar-refractivity contribution in [1.82, 2.24) is 10.3 Å². The number of anilines is 1. The van der Waals surface area contributed by atoms with Crippen LogP contribution in [0.2, 0.25) is 0 Å². The molecular weight excluding hydrogens is 234 g/mol. The zero-order valence-corrected chi connectivity index (χ0v) is 11.3. The molecule has 1 aromatic heterocycles. The minimum atomic E-state index is 0.826. The van der Waals surface area contributed by atoms with Crippen molar-refractivity contribution in [3.05, 3.63) is 36.0 Å². The summed E-state index contributed by atoms with van der Waals surface area (Å²) >= 11 is 0. The van der Waals surface area contributed by atoms with Gasteiger partial charge in [-0.2, -0.15) is 0 Å². The number of pyridine rings is 1. The van der Waals surface area contributed by atoms with E-state index in [1.807, 2.05) is 0 Å². The molecule has 0 amide bonds. The third-order valence-corrected chi connectivity index (χ3v) is 4.55. The largest absolute Gasteiger partial charge is 0.370 e. The van der Waals surface area contributed by atoms with Gasteiger partial charge in [-0.3, -0.25) is 4.98 Å². The number of hydrogen-bond donors (Lipinski definition) is 1. The topological polar surface area (TPSA) is 28.2 Å². The molecule has 2 atom stereocenters. The maximum Gasteiger partial charge on any atom is 0.0726 e. The molecule has 3 nitrogen and oxygen atoms in total. The predicted molar refractivity (Wildman–Crippen MR) is 78.5 cm³/mol. The summed E-state index contributed by atoms with van der Waals surface area (Å²) in [7, 11) is 0. The number of nitrogens with one attached hydrogen (secondary N) is 1. The van der Waals surface area contributed by atoms with Crippen molar-refractivity contribution in [1.29, 1.82) is 0 Å². The Morgan fingerprint density at radius 2 is 1.89 bits per heavy atom. The second-order valence-corrected chi connectivity index (χ2v) is 5.88. The van der Waals surface area contributed by atoms with E-state index in [2.05, 4.69) is 52.5 Å². The molecule has 0 radical (unpaired) electrons. The number of fused-ring (bicyclic) bond motifs is 2. The van der Waals surface area contributed by atoms with Crippen LogP contribution in [0.25, 0.3) is 10.9 Å². The Hall–Kier alpha value is -1.61. The molecule has 98 valence electrons. The van der Waals surface area contributed by atoms with Crippen LogP contribution >= 0.6 is 0 Å². The fraction of sp³-hybridized carbons (Fsp3) is 0.438. The van der Waals surface area contributed by atoms with Crippen LogP contribution in [0.4, 0.5) is 5.69 Å². The molecule has 2 aliphatic rings. The first-order chi connectivity index (χ1) is 9.31. The Kier molecular flexibility index (Phi) is 2.49. The molecule has 0 spiro atoms. The molecule has 3 heterocycles. The van der Waals surface area contributed by atoms with Gasteiger partial charge in [0.1, 0.15) is 0 Å². The molecule has 19 heavy (non-hydrogen) atoms. The highest BCUT2D eigenvalue weighted by Crippen LogP contribution is 2.34. The van der Waals surface area contributed by atoms with Gasteiger partial charge in [0.2, 0.25) is 0 Å². The van der Waals surface area contributed by atoms with Gasteiger partial charge in [-0.15, -0.1) is 0 Å². The van der Waals surface area contributed by atoms with Gasteiger partial charge in [-0.1, -0.05) is 18.2 Å². The van der Waals surface area contributed by atoms with Gasteiger partial charge in [0.25, 0.3) is 0 Å². The molecule has 0 bridgehead atoms. The molecule has 1 aromatic carbocycles. The zero-order valence-electron chi connectivity index (χ0n) is 11.3. The third-order valence-electron chi connectivity index (χ3n) is 4.55. The summed E-state index contributed by atoms with van der Waals surface area (Å²) in [6, 6.07) is 10.7. The van der Waals surface area contributed by atoms with E-state index >= 15 is 0 Å². The van der Waals surface area contributed by atoms with E-state index in [9.17, 15) is 0 Å². The predicted octanol–water partition coefficient (Wildman–Crippen LogP) is 2.20. The molecule has 3 heteroatoms. The van der Waals surface area contributed by atoms with Crippen LogP contribution in [0.3, 0.4) is 0 Å². The Bertz CT molecular complexity index is 610. The molecule has 0 aliphatic carbocycles. The highest BCUT2D eigenvalue weighted by Gasteiger charge is 2.36. The molecule has 1 N–H and O–H groups in total. The monoisotopic (exact) mass is 253 g/mol. The van der Waals surface area contributed by atoms with Gasteiger partial charge in [0.15, 0.2) is 0 Å². The number of rotatable bonds is 1. The van der Waals surface area contributed by atoms with Gasteiger partial charge in [-0.05, 0) is 30.9 Å². The quantitative estimate of drug-likeness (QED) is 0.844.